The molecule has 100 valence electrons. The Hall–Kier alpha value is -1.23. The summed E-state index contributed by atoms with van der Waals surface area (Å²) in [7, 11) is 0. The molecule has 1 aliphatic rings. The van der Waals surface area contributed by atoms with E-state index >= 15 is 0 Å². The lowest BCUT2D eigenvalue weighted by molar-refractivity contribution is -0.137. The van der Waals surface area contributed by atoms with Gasteiger partial charge in [0, 0.05) is 18.8 Å². The number of hydrogen-bond donors (Lipinski definition) is 1. The van der Waals surface area contributed by atoms with Gasteiger partial charge in [-0.25, -0.2) is 0 Å². The Kier molecular flexibility index (Phi) is 3.05. The second-order valence-corrected chi connectivity index (χ2v) is 5.13. The molecule has 1 aromatic carbocycles. The molecule has 2 nitrogen and oxygen atoms in total. The predicted octanol–water partition coefficient (Wildman–Crippen LogP) is 2.91. The van der Waals surface area contributed by atoms with E-state index in [0.29, 0.717) is 0 Å². The van der Waals surface area contributed by atoms with Crippen LogP contribution in [0.1, 0.15) is 19.4 Å². The molecule has 0 saturated carbocycles. The highest BCUT2D eigenvalue weighted by molar-refractivity contribution is 5.58. The van der Waals surface area contributed by atoms with Gasteiger partial charge in [-0.1, -0.05) is 26.0 Å². The number of rotatable bonds is 2. The van der Waals surface area contributed by atoms with Gasteiger partial charge in [-0.15, -0.1) is 0 Å². The van der Waals surface area contributed by atoms with Crippen LogP contribution in [-0.4, -0.2) is 23.8 Å². The van der Waals surface area contributed by atoms with Gasteiger partial charge in [-0.3, -0.25) is 0 Å². The fraction of sp³-hybridized carbons (Fsp3) is 0.538. The standard InChI is InChI=1S/C13H16F3NO/c1-9(2)12(18)7-17(8-12)11-6-4-3-5-10(11)13(14,15)16/h3-6,9,18H,7-8H2,1-2H3. The fourth-order valence-corrected chi connectivity index (χ4v) is 2.14. The molecular formula is C13H16F3NO. The minimum Gasteiger partial charge on any atom is -0.386 e. The number of benzene rings is 1. The first kappa shape index (κ1) is 13.2. The van der Waals surface area contributed by atoms with Gasteiger partial charge in [-0.05, 0) is 18.1 Å². The SMILES string of the molecule is CC(C)C1(O)CN(c2ccccc2C(F)(F)F)C1. The van der Waals surface area contributed by atoms with Crippen LogP contribution in [0.2, 0.25) is 0 Å². The number of β-amino-alcohol motifs (C(OH)–C–C–N with tert-alkyl or cyclic N) is 1. The topological polar surface area (TPSA) is 23.5 Å². The number of hydrogen-bond acceptors (Lipinski definition) is 2. The summed E-state index contributed by atoms with van der Waals surface area (Å²) in [5, 5.41) is 10.1. The number of para-hydroxylation sites is 1. The molecule has 1 N–H and O–H groups in total. The van der Waals surface area contributed by atoms with Crippen LogP contribution in [0.4, 0.5) is 18.9 Å². The summed E-state index contributed by atoms with van der Waals surface area (Å²) in [4.78, 5) is 1.57. The summed E-state index contributed by atoms with van der Waals surface area (Å²) >= 11 is 0. The summed E-state index contributed by atoms with van der Waals surface area (Å²) < 4.78 is 38.5. The van der Waals surface area contributed by atoms with Crippen molar-refractivity contribution < 1.29 is 18.3 Å². The largest absolute Gasteiger partial charge is 0.418 e. The van der Waals surface area contributed by atoms with E-state index in [-0.39, 0.29) is 24.7 Å². The van der Waals surface area contributed by atoms with E-state index < -0.39 is 17.3 Å². The van der Waals surface area contributed by atoms with E-state index in [1.54, 1.807) is 11.0 Å². The molecule has 0 atom stereocenters. The molecule has 0 radical (unpaired) electrons. The zero-order valence-electron chi connectivity index (χ0n) is 10.3. The van der Waals surface area contributed by atoms with Crippen molar-refractivity contribution in [2.24, 2.45) is 5.92 Å². The number of alkyl halides is 3. The van der Waals surface area contributed by atoms with Crippen LogP contribution < -0.4 is 4.90 Å². The molecule has 18 heavy (non-hydrogen) atoms. The van der Waals surface area contributed by atoms with E-state index in [1.165, 1.54) is 12.1 Å². The van der Waals surface area contributed by atoms with E-state index in [1.807, 2.05) is 13.8 Å². The van der Waals surface area contributed by atoms with Crippen molar-refractivity contribution >= 4 is 5.69 Å². The Balaban J connectivity index is 2.23. The highest BCUT2D eigenvalue weighted by Gasteiger charge is 2.46. The van der Waals surface area contributed by atoms with Gasteiger partial charge in [0.2, 0.25) is 0 Å². The van der Waals surface area contributed by atoms with Crippen LogP contribution in [0.5, 0.6) is 0 Å². The molecule has 1 aliphatic heterocycles. The Morgan fingerprint density at radius 3 is 2.28 bits per heavy atom. The lowest BCUT2D eigenvalue weighted by Gasteiger charge is -2.50. The van der Waals surface area contributed by atoms with E-state index in [9.17, 15) is 18.3 Å². The molecule has 1 fully saturated rings. The molecule has 0 aromatic heterocycles. The average molecular weight is 259 g/mol. The van der Waals surface area contributed by atoms with Gasteiger partial charge >= 0.3 is 6.18 Å². The molecule has 0 amide bonds. The average Bonchev–Trinajstić information content (AvgIpc) is 2.23. The zero-order valence-corrected chi connectivity index (χ0v) is 10.3. The van der Waals surface area contributed by atoms with Crippen molar-refractivity contribution in [2.75, 3.05) is 18.0 Å². The van der Waals surface area contributed by atoms with Crippen molar-refractivity contribution in [2.45, 2.75) is 25.6 Å². The molecule has 2 rings (SSSR count). The maximum Gasteiger partial charge on any atom is 0.418 e. The molecule has 0 bridgehead atoms. The number of aliphatic hydroxyl groups is 1. The van der Waals surface area contributed by atoms with Gasteiger partial charge < -0.3 is 10.0 Å². The van der Waals surface area contributed by atoms with Crippen LogP contribution in [0, 0.1) is 5.92 Å². The van der Waals surface area contributed by atoms with Crippen LogP contribution in [0.15, 0.2) is 24.3 Å². The molecule has 5 heteroatoms. The zero-order chi connectivity index (χ0) is 13.6. The number of nitrogens with zero attached hydrogens (tertiary/aromatic N) is 1. The lowest BCUT2D eigenvalue weighted by Crippen LogP contribution is -2.65. The first-order valence-electron chi connectivity index (χ1n) is 5.87. The van der Waals surface area contributed by atoms with Gasteiger partial charge in [0.1, 0.15) is 5.60 Å². The van der Waals surface area contributed by atoms with Crippen molar-refractivity contribution in [1.82, 2.24) is 0 Å². The Morgan fingerprint density at radius 2 is 1.78 bits per heavy atom. The van der Waals surface area contributed by atoms with Crippen LogP contribution in [0.25, 0.3) is 0 Å². The normalized spacial score (nSPS) is 18.9. The minimum atomic E-state index is -4.36. The molecular weight excluding hydrogens is 243 g/mol. The monoisotopic (exact) mass is 259 g/mol. The second kappa shape index (κ2) is 4.16. The Morgan fingerprint density at radius 1 is 1.22 bits per heavy atom. The van der Waals surface area contributed by atoms with E-state index in [2.05, 4.69) is 0 Å². The van der Waals surface area contributed by atoms with Gasteiger partial charge in [0.15, 0.2) is 0 Å². The first-order valence-corrected chi connectivity index (χ1v) is 5.87. The highest BCUT2D eigenvalue weighted by Crippen LogP contribution is 2.40. The molecule has 1 aromatic rings. The van der Waals surface area contributed by atoms with Gasteiger partial charge in [0.25, 0.3) is 0 Å². The summed E-state index contributed by atoms with van der Waals surface area (Å²) in [6.07, 6.45) is -4.36. The quantitative estimate of drug-likeness (QED) is 0.882. The van der Waals surface area contributed by atoms with Crippen molar-refractivity contribution in [3.05, 3.63) is 29.8 Å². The van der Waals surface area contributed by atoms with Gasteiger partial charge in [-0.2, -0.15) is 13.2 Å². The van der Waals surface area contributed by atoms with E-state index in [4.69, 9.17) is 0 Å². The molecule has 0 spiro atoms. The minimum absolute atomic E-state index is 0.0341. The smallest absolute Gasteiger partial charge is 0.386 e. The summed E-state index contributed by atoms with van der Waals surface area (Å²) in [5.41, 5.74) is -1.37. The highest BCUT2D eigenvalue weighted by atomic mass is 19.4. The summed E-state index contributed by atoms with van der Waals surface area (Å²) in [6.45, 7) is 4.23. The van der Waals surface area contributed by atoms with Crippen LogP contribution in [-0.2, 0) is 6.18 Å². The second-order valence-electron chi connectivity index (χ2n) is 5.13. The van der Waals surface area contributed by atoms with Crippen molar-refractivity contribution in [3.63, 3.8) is 0 Å². The molecule has 1 saturated heterocycles. The van der Waals surface area contributed by atoms with Crippen molar-refractivity contribution in [1.29, 1.82) is 0 Å². The third-order valence-corrected chi connectivity index (χ3v) is 3.55. The predicted molar refractivity (Wildman–Crippen MR) is 63.4 cm³/mol. The fourth-order valence-electron chi connectivity index (χ4n) is 2.14. The van der Waals surface area contributed by atoms with Crippen LogP contribution in [0.3, 0.4) is 0 Å². The maximum atomic E-state index is 12.8. The summed E-state index contributed by atoms with van der Waals surface area (Å²) in [6, 6.07) is 5.48. The number of anilines is 1. The third-order valence-electron chi connectivity index (χ3n) is 3.55. The lowest BCUT2D eigenvalue weighted by atomic mass is 9.82. The number of halogens is 3. The third kappa shape index (κ3) is 2.19. The van der Waals surface area contributed by atoms with E-state index in [0.717, 1.165) is 6.07 Å². The summed E-state index contributed by atoms with van der Waals surface area (Å²) in [5.74, 6) is 0.0341. The van der Waals surface area contributed by atoms with Gasteiger partial charge in [0.05, 0.1) is 5.56 Å². The first-order chi connectivity index (χ1) is 8.24. The molecule has 0 unspecified atom stereocenters. The van der Waals surface area contributed by atoms with Crippen molar-refractivity contribution in [3.8, 4) is 0 Å². The van der Waals surface area contributed by atoms with Crippen LogP contribution >= 0.6 is 0 Å². The molecule has 1 heterocycles. The Labute approximate surface area is 104 Å². The Bertz CT molecular complexity index is 436. The maximum absolute atomic E-state index is 12.8. The molecule has 0 aliphatic carbocycles.